The van der Waals surface area contributed by atoms with E-state index in [1.54, 1.807) is 14.0 Å². The van der Waals surface area contributed by atoms with Gasteiger partial charge in [-0.3, -0.25) is 4.79 Å². The van der Waals surface area contributed by atoms with E-state index in [0.717, 1.165) is 0 Å². The van der Waals surface area contributed by atoms with Gasteiger partial charge in [0.2, 0.25) is 0 Å². The highest BCUT2D eigenvalue weighted by molar-refractivity contribution is 5.69. The van der Waals surface area contributed by atoms with Gasteiger partial charge in [-0.1, -0.05) is 0 Å². The smallest absolute Gasteiger partial charge is 0.307 e. The molecular formula is C11H23NO4. The van der Waals surface area contributed by atoms with Crippen LogP contribution in [0.1, 0.15) is 20.3 Å². The molecule has 0 aromatic heterocycles. The van der Waals surface area contributed by atoms with Crippen molar-refractivity contribution in [3.05, 3.63) is 0 Å². The highest BCUT2D eigenvalue weighted by Gasteiger charge is 2.17. The number of hydrogen-bond donors (Lipinski definition) is 1. The summed E-state index contributed by atoms with van der Waals surface area (Å²) < 4.78 is 9.70. The van der Waals surface area contributed by atoms with E-state index in [0.29, 0.717) is 26.2 Å². The Morgan fingerprint density at radius 3 is 2.62 bits per heavy atom. The second-order valence-electron chi connectivity index (χ2n) is 3.91. The number of aliphatic hydroxyl groups is 1. The van der Waals surface area contributed by atoms with Crippen molar-refractivity contribution in [3.63, 3.8) is 0 Å². The number of likely N-dealkylation sites (N-methyl/N-ethyl adjacent to an activating group) is 1. The number of carbonyl (C=O) groups is 1. The zero-order valence-corrected chi connectivity index (χ0v) is 10.6. The SMILES string of the molecule is CCOC(=O)CC(C)N(C)CC(O)COC. The molecule has 0 aliphatic carbocycles. The highest BCUT2D eigenvalue weighted by Crippen LogP contribution is 2.04. The van der Waals surface area contributed by atoms with Gasteiger partial charge >= 0.3 is 5.97 Å². The zero-order chi connectivity index (χ0) is 12.6. The molecule has 0 rings (SSSR count). The van der Waals surface area contributed by atoms with Gasteiger partial charge < -0.3 is 19.5 Å². The van der Waals surface area contributed by atoms with Crippen LogP contribution in [0.2, 0.25) is 0 Å². The molecule has 0 heterocycles. The predicted molar refractivity (Wildman–Crippen MR) is 61.2 cm³/mol. The first-order valence-corrected chi connectivity index (χ1v) is 5.54. The van der Waals surface area contributed by atoms with Crippen molar-refractivity contribution in [1.82, 2.24) is 4.90 Å². The van der Waals surface area contributed by atoms with Crippen LogP contribution >= 0.6 is 0 Å². The molecule has 2 unspecified atom stereocenters. The Morgan fingerprint density at radius 2 is 2.12 bits per heavy atom. The van der Waals surface area contributed by atoms with Crippen molar-refractivity contribution in [2.24, 2.45) is 0 Å². The Hall–Kier alpha value is -0.650. The van der Waals surface area contributed by atoms with E-state index in [9.17, 15) is 9.90 Å². The summed E-state index contributed by atoms with van der Waals surface area (Å²) in [4.78, 5) is 13.2. The van der Waals surface area contributed by atoms with Crippen LogP contribution in [0.15, 0.2) is 0 Å². The lowest BCUT2D eigenvalue weighted by molar-refractivity contribution is -0.144. The van der Waals surface area contributed by atoms with Gasteiger partial charge in [0, 0.05) is 19.7 Å². The normalized spacial score (nSPS) is 14.9. The number of aliphatic hydroxyl groups excluding tert-OH is 1. The van der Waals surface area contributed by atoms with Gasteiger partial charge in [0.1, 0.15) is 0 Å². The Balaban J connectivity index is 3.88. The van der Waals surface area contributed by atoms with Gasteiger partial charge in [0.15, 0.2) is 0 Å². The quantitative estimate of drug-likeness (QED) is 0.610. The molecule has 16 heavy (non-hydrogen) atoms. The number of methoxy groups -OCH3 is 1. The van der Waals surface area contributed by atoms with E-state index >= 15 is 0 Å². The highest BCUT2D eigenvalue weighted by atomic mass is 16.5. The third-order valence-electron chi connectivity index (χ3n) is 2.38. The maximum atomic E-state index is 11.2. The first-order chi connectivity index (χ1) is 7.51. The molecule has 1 N–H and O–H groups in total. The maximum absolute atomic E-state index is 11.2. The molecule has 0 spiro atoms. The molecular weight excluding hydrogens is 210 g/mol. The molecule has 0 saturated carbocycles. The standard InChI is InChI=1S/C11H23NO4/c1-5-16-11(14)6-9(2)12(3)7-10(13)8-15-4/h9-10,13H,5-8H2,1-4H3. The summed E-state index contributed by atoms with van der Waals surface area (Å²) in [7, 11) is 3.41. The summed E-state index contributed by atoms with van der Waals surface area (Å²) in [5.74, 6) is -0.205. The first-order valence-electron chi connectivity index (χ1n) is 5.54. The van der Waals surface area contributed by atoms with E-state index in [2.05, 4.69) is 0 Å². The fourth-order valence-electron chi connectivity index (χ4n) is 1.37. The molecule has 5 nitrogen and oxygen atoms in total. The van der Waals surface area contributed by atoms with Crippen LogP contribution in [0.4, 0.5) is 0 Å². The van der Waals surface area contributed by atoms with Crippen LogP contribution in [-0.2, 0) is 14.3 Å². The number of carbonyl (C=O) groups excluding carboxylic acids is 1. The van der Waals surface area contributed by atoms with E-state index < -0.39 is 6.10 Å². The minimum atomic E-state index is -0.528. The molecule has 0 aliphatic rings. The van der Waals surface area contributed by atoms with Gasteiger partial charge in [-0.25, -0.2) is 0 Å². The Bertz CT molecular complexity index is 198. The summed E-state index contributed by atoms with van der Waals surface area (Å²) in [6.07, 6.45) is -0.191. The number of nitrogens with zero attached hydrogens (tertiary/aromatic N) is 1. The zero-order valence-electron chi connectivity index (χ0n) is 10.6. The lowest BCUT2D eigenvalue weighted by Crippen LogP contribution is -2.38. The van der Waals surface area contributed by atoms with Gasteiger partial charge in [-0.05, 0) is 20.9 Å². The largest absolute Gasteiger partial charge is 0.466 e. The summed E-state index contributed by atoms with van der Waals surface area (Å²) in [5.41, 5.74) is 0. The maximum Gasteiger partial charge on any atom is 0.307 e. The van der Waals surface area contributed by atoms with Crippen LogP contribution in [0.5, 0.6) is 0 Å². The number of esters is 1. The Morgan fingerprint density at radius 1 is 1.50 bits per heavy atom. The molecule has 0 aliphatic heterocycles. The molecule has 5 heteroatoms. The fraction of sp³-hybridized carbons (Fsp3) is 0.909. The molecule has 0 saturated heterocycles. The first kappa shape index (κ1) is 15.3. The van der Waals surface area contributed by atoms with Crippen LogP contribution in [0.3, 0.4) is 0 Å². The average molecular weight is 233 g/mol. The lowest BCUT2D eigenvalue weighted by Gasteiger charge is -2.26. The molecule has 0 bridgehead atoms. The Labute approximate surface area is 97.3 Å². The van der Waals surface area contributed by atoms with E-state index in [4.69, 9.17) is 9.47 Å². The van der Waals surface area contributed by atoms with Crippen LogP contribution in [0, 0.1) is 0 Å². The van der Waals surface area contributed by atoms with Gasteiger partial charge in [-0.2, -0.15) is 0 Å². The van der Waals surface area contributed by atoms with Crippen LogP contribution in [0.25, 0.3) is 0 Å². The summed E-state index contributed by atoms with van der Waals surface area (Å²) in [6.45, 7) is 4.90. The Kier molecular flexibility index (Phi) is 8.15. The predicted octanol–water partition coefficient (Wildman–Crippen LogP) is 0.267. The van der Waals surface area contributed by atoms with Gasteiger partial charge in [0.05, 0.1) is 25.7 Å². The van der Waals surface area contributed by atoms with Crippen molar-refractivity contribution in [2.75, 3.05) is 33.9 Å². The summed E-state index contributed by atoms with van der Waals surface area (Å²) in [6, 6.07) is 0.0468. The van der Waals surface area contributed by atoms with Crippen molar-refractivity contribution < 1.29 is 19.4 Å². The molecule has 0 aromatic rings. The molecule has 0 amide bonds. The third kappa shape index (κ3) is 6.76. The minimum absolute atomic E-state index is 0.0468. The molecule has 2 atom stereocenters. The molecule has 0 aromatic carbocycles. The van der Waals surface area contributed by atoms with Gasteiger partial charge in [0.25, 0.3) is 0 Å². The van der Waals surface area contributed by atoms with Crippen molar-refractivity contribution in [2.45, 2.75) is 32.4 Å². The van der Waals surface area contributed by atoms with Crippen LogP contribution < -0.4 is 0 Å². The van der Waals surface area contributed by atoms with E-state index in [1.165, 1.54) is 0 Å². The second kappa shape index (κ2) is 8.50. The number of ether oxygens (including phenoxy) is 2. The monoisotopic (exact) mass is 233 g/mol. The topological polar surface area (TPSA) is 59.0 Å². The van der Waals surface area contributed by atoms with E-state index in [1.807, 2.05) is 18.9 Å². The number of hydrogen-bond acceptors (Lipinski definition) is 5. The fourth-order valence-corrected chi connectivity index (χ4v) is 1.37. The van der Waals surface area contributed by atoms with Crippen LogP contribution in [-0.4, -0.2) is 62.0 Å². The van der Waals surface area contributed by atoms with E-state index in [-0.39, 0.29) is 12.0 Å². The molecule has 0 radical (unpaired) electrons. The molecule has 96 valence electrons. The van der Waals surface area contributed by atoms with Crippen molar-refractivity contribution >= 4 is 5.97 Å². The lowest BCUT2D eigenvalue weighted by atomic mass is 10.2. The van der Waals surface area contributed by atoms with Crippen molar-refractivity contribution in [1.29, 1.82) is 0 Å². The summed E-state index contributed by atoms with van der Waals surface area (Å²) in [5, 5.41) is 9.52. The van der Waals surface area contributed by atoms with Crippen molar-refractivity contribution in [3.8, 4) is 0 Å². The number of rotatable bonds is 8. The van der Waals surface area contributed by atoms with Gasteiger partial charge in [-0.15, -0.1) is 0 Å². The minimum Gasteiger partial charge on any atom is -0.466 e. The second-order valence-corrected chi connectivity index (χ2v) is 3.91. The third-order valence-corrected chi connectivity index (χ3v) is 2.38. The molecule has 0 fully saturated rings. The summed E-state index contributed by atoms with van der Waals surface area (Å²) >= 11 is 0. The average Bonchev–Trinajstić information content (AvgIpc) is 2.17.